The van der Waals surface area contributed by atoms with Crippen LogP contribution in [-0.4, -0.2) is 65.6 Å². The van der Waals surface area contributed by atoms with Gasteiger partial charge in [0, 0.05) is 55.7 Å². The number of pyridine rings is 1. The summed E-state index contributed by atoms with van der Waals surface area (Å²) in [6.45, 7) is 6.92. The molecule has 0 radical (unpaired) electrons. The average Bonchev–Trinajstić information content (AvgIpc) is 3.30. The fourth-order valence-corrected chi connectivity index (χ4v) is 4.36. The van der Waals surface area contributed by atoms with Crippen LogP contribution in [0.2, 0.25) is 0 Å². The molecule has 7 heteroatoms. The van der Waals surface area contributed by atoms with Gasteiger partial charge >= 0.3 is 0 Å². The molecule has 7 nitrogen and oxygen atoms in total. The molecule has 1 unspecified atom stereocenters. The first-order valence-electron chi connectivity index (χ1n) is 10.7. The lowest BCUT2D eigenvalue weighted by atomic mass is 10.0. The smallest absolute Gasteiger partial charge is 0.157 e. The molecule has 2 saturated heterocycles. The Morgan fingerprint density at radius 2 is 1.80 bits per heavy atom. The summed E-state index contributed by atoms with van der Waals surface area (Å²) in [4.78, 5) is 18.7. The largest absolute Gasteiger partial charge is 0.393 e. The molecule has 0 bridgehead atoms. The molecule has 1 N–H and O–H groups in total. The van der Waals surface area contributed by atoms with Crippen LogP contribution in [0.25, 0.3) is 22.3 Å². The molecule has 3 aromatic rings. The molecule has 156 valence electrons. The van der Waals surface area contributed by atoms with E-state index in [1.807, 2.05) is 13.0 Å². The van der Waals surface area contributed by atoms with Crippen molar-refractivity contribution in [2.75, 3.05) is 49.2 Å². The maximum absolute atomic E-state index is 10.0. The molecule has 0 aliphatic carbocycles. The van der Waals surface area contributed by atoms with E-state index in [0.717, 1.165) is 73.9 Å². The van der Waals surface area contributed by atoms with Crippen molar-refractivity contribution in [3.63, 3.8) is 0 Å². The Labute approximate surface area is 176 Å². The van der Waals surface area contributed by atoms with Gasteiger partial charge in [0.25, 0.3) is 0 Å². The summed E-state index contributed by atoms with van der Waals surface area (Å²) in [7, 11) is 0. The second-order valence-electron chi connectivity index (χ2n) is 8.14. The van der Waals surface area contributed by atoms with E-state index in [1.165, 1.54) is 5.69 Å². The number of nitrogens with zero attached hydrogens (tertiary/aromatic N) is 5. The van der Waals surface area contributed by atoms with Crippen LogP contribution in [0, 0.1) is 5.92 Å². The van der Waals surface area contributed by atoms with E-state index in [9.17, 15) is 5.11 Å². The van der Waals surface area contributed by atoms with Crippen molar-refractivity contribution in [3.05, 3.63) is 42.7 Å². The zero-order valence-electron chi connectivity index (χ0n) is 17.2. The highest BCUT2D eigenvalue weighted by Gasteiger charge is 2.28. The fraction of sp³-hybridized carbons (Fsp3) is 0.435. The lowest BCUT2D eigenvalue weighted by Crippen LogP contribution is -2.36. The number of morpholine rings is 1. The van der Waals surface area contributed by atoms with E-state index in [4.69, 9.17) is 9.72 Å². The van der Waals surface area contributed by atoms with E-state index in [0.29, 0.717) is 0 Å². The van der Waals surface area contributed by atoms with Gasteiger partial charge in [0.05, 0.1) is 30.5 Å². The van der Waals surface area contributed by atoms with Gasteiger partial charge in [-0.05, 0) is 31.5 Å². The zero-order valence-corrected chi connectivity index (χ0v) is 17.2. The number of fused-ring (bicyclic) bond motifs is 1. The van der Waals surface area contributed by atoms with Gasteiger partial charge in [0.2, 0.25) is 0 Å². The molecule has 0 amide bonds. The highest BCUT2D eigenvalue weighted by atomic mass is 16.5. The highest BCUT2D eigenvalue weighted by Crippen LogP contribution is 2.32. The molecule has 4 heterocycles. The topological polar surface area (TPSA) is 74.6 Å². The van der Waals surface area contributed by atoms with E-state index in [1.54, 1.807) is 12.4 Å². The Kier molecular flexibility index (Phi) is 5.23. The number of anilines is 2. The molecule has 2 atom stereocenters. The third-order valence-corrected chi connectivity index (χ3v) is 6.18. The maximum atomic E-state index is 10.0. The van der Waals surface area contributed by atoms with Gasteiger partial charge in [-0.25, -0.2) is 9.97 Å². The summed E-state index contributed by atoms with van der Waals surface area (Å²) in [5.41, 5.74) is 4.83. The third kappa shape index (κ3) is 3.70. The number of aliphatic hydroxyl groups excluding tert-OH is 1. The van der Waals surface area contributed by atoms with Gasteiger partial charge in [0.1, 0.15) is 5.52 Å². The van der Waals surface area contributed by atoms with Crippen molar-refractivity contribution in [2.45, 2.75) is 19.4 Å². The van der Waals surface area contributed by atoms with Gasteiger partial charge < -0.3 is 19.6 Å². The monoisotopic (exact) mass is 405 g/mol. The second kappa shape index (κ2) is 8.16. The summed E-state index contributed by atoms with van der Waals surface area (Å²) in [6, 6.07) is 10.6. The van der Waals surface area contributed by atoms with Crippen LogP contribution in [0.5, 0.6) is 0 Å². The predicted octanol–water partition coefficient (Wildman–Crippen LogP) is 2.74. The van der Waals surface area contributed by atoms with Gasteiger partial charge in [-0.2, -0.15) is 0 Å². The first-order chi connectivity index (χ1) is 14.7. The maximum Gasteiger partial charge on any atom is 0.157 e. The summed E-state index contributed by atoms with van der Waals surface area (Å²) < 4.78 is 5.45. The number of rotatable bonds is 4. The summed E-state index contributed by atoms with van der Waals surface area (Å²) in [5.74, 6) is 1.12. The SMILES string of the molecule is CC(O)[C@H]1CCN(c2nc(-c3ccc(N4CCOCC4)cc3)cc3nccnc23)C1. The summed E-state index contributed by atoms with van der Waals surface area (Å²) in [6.07, 6.45) is 4.08. The molecule has 1 aromatic carbocycles. The van der Waals surface area contributed by atoms with Crippen molar-refractivity contribution < 1.29 is 9.84 Å². The quantitative estimate of drug-likeness (QED) is 0.715. The highest BCUT2D eigenvalue weighted by molar-refractivity contribution is 5.89. The Morgan fingerprint density at radius 1 is 1.03 bits per heavy atom. The van der Waals surface area contributed by atoms with Crippen molar-refractivity contribution in [1.29, 1.82) is 0 Å². The van der Waals surface area contributed by atoms with E-state index in [2.05, 4.69) is 44.0 Å². The van der Waals surface area contributed by atoms with Gasteiger partial charge in [-0.15, -0.1) is 0 Å². The number of benzene rings is 1. The molecule has 2 aliphatic heterocycles. The second-order valence-corrected chi connectivity index (χ2v) is 8.14. The van der Waals surface area contributed by atoms with E-state index < -0.39 is 0 Å². The van der Waals surface area contributed by atoms with Gasteiger partial charge in [-0.3, -0.25) is 4.98 Å². The average molecular weight is 406 g/mol. The minimum atomic E-state index is -0.316. The molecular weight excluding hydrogens is 378 g/mol. The molecule has 2 fully saturated rings. The van der Waals surface area contributed by atoms with Gasteiger partial charge in [0.15, 0.2) is 5.82 Å². The summed E-state index contributed by atoms with van der Waals surface area (Å²) >= 11 is 0. The number of ether oxygens (including phenoxy) is 1. The molecule has 2 aliphatic rings. The molecule has 5 rings (SSSR count). The van der Waals surface area contributed by atoms with Crippen molar-refractivity contribution >= 4 is 22.5 Å². The lowest BCUT2D eigenvalue weighted by Gasteiger charge is -2.29. The number of aliphatic hydroxyl groups is 1. The van der Waals surface area contributed by atoms with Crippen LogP contribution in [0.4, 0.5) is 11.5 Å². The number of aromatic nitrogens is 3. The Bertz CT molecular complexity index is 1020. The number of hydrogen-bond acceptors (Lipinski definition) is 7. The first kappa shape index (κ1) is 19.2. The minimum Gasteiger partial charge on any atom is -0.393 e. The Balaban J connectivity index is 1.49. The third-order valence-electron chi connectivity index (χ3n) is 6.18. The van der Waals surface area contributed by atoms with Crippen LogP contribution >= 0.6 is 0 Å². The molecule has 0 saturated carbocycles. The van der Waals surface area contributed by atoms with Crippen LogP contribution in [0.15, 0.2) is 42.7 Å². The fourth-order valence-electron chi connectivity index (χ4n) is 4.36. The Hall–Kier alpha value is -2.77. The zero-order chi connectivity index (χ0) is 20.5. The van der Waals surface area contributed by atoms with Crippen molar-refractivity contribution in [1.82, 2.24) is 15.0 Å². The lowest BCUT2D eigenvalue weighted by molar-refractivity contribution is 0.122. The molecule has 0 spiro atoms. The first-order valence-corrected chi connectivity index (χ1v) is 10.7. The van der Waals surface area contributed by atoms with Crippen molar-refractivity contribution in [2.24, 2.45) is 5.92 Å². The van der Waals surface area contributed by atoms with E-state index in [-0.39, 0.29) is 12.0 Å². The minimum absolute atomic E-state index is 0.259. The standard InChI is InChI=1S/C23H27N5O2/c1-16(29)18-6-9-28(15-18)23-22-21(24-7-8-25-22)14-20(26-23)17-2-4-19(5-3-17)27-10-12-30-13-11-27/h2-5,7-8,14,16,18,29H,6,9-13,15H2,1H3/t16?,18-/m0/s1. The molecule has 30 heavy (non-hydrogen) atoms. The molecular formula is C23H27N5O2. The van der Waals surface area contributed by atoms with E-state index >= 15 is 0 Å². The molecule has 2 aromatic heterocycles. The number of hydrogen-bond donors (Lipinski definition) is 1. The van der Waals surface area contributed by atoms with Crippen LogP contribution in [0.3, 0.4) is 0 Å². The normalized spacial score (nSPS) is 20.7. The van der Waals surface area contributed by atoms with Gasteiger partial charge in [-0.1, -0.05) is 12.1 Å². The van der Waals surface area contributed by atoms with Crippen LogP contribution in [-0.2, 0) is 4.74 Å². The summed E-state index contributed by atoms with van der Waals surface area (Å²) in [5, 5.41) is 10.0. The van der Waals surface area contributed by atoms with Crippen LogP contribution < -0.4 is 9.80 Å². The predicted molar refractivity (Wildman–Crippen MR) is 118 cm³/mol. The van der Waals surface area contributed by atoms with Crippen LogP contribution in [0.1, 0.15) is 13.3 Å². The van der Waals surface area contributed by atoms with Crippen molar-refractivity contribution in [3.8, 4) is 11.3 Å². The Morgan fingerprint density at radius 3 is 2.53 bits per heavy atom.